The number of hydrogen-bond donors (Lipinski definition) is 1. The molecule has 17 heavy (non-hydrogen) atoms. The van der Waals surface area contributed by atoms with Gasteiger partial charge in [0.2, 0.25) is 5.91 Å². The molecule has 1 amide bonds. The minimum atomic E-state index is -0.428. The molecular weight excluding hydrogens is 214 g/mol. The molecule has 3 heteroatoms. The Morgan fingerprint density at radius 1 is 1.29 bits per heavy atom. The topological polar surface area (TPSA) is 38.3 Å². The van der Waals surface area contributed by atoms with E-state index in [0.29, 0.717) is 5.57 Å². The number of benzene rings is 1. The predicted molar refractivity (Wildman–Crippen MR) is 69.0 cm³/mol. The third-order valence-electron chi connectivity index (χ3n) is 2.63. The molecule has 0 saturated carbocycles. The highest BCUT2D eigenvalue weighted by atomic mass is 16.5. The van der Waals surface area contributed by atoms with E-state index in [2.05, 4.69) is 11.9 Å². The summed E-state index contributed by atoms with van der Waals surface area (Å²) >= 11 is 0. The third kappa shape index (κ3) is 3.34. The van der Waals surface area contributed by atoms with Crippen LogP contribution in [0.5, 0.6) is 5.75 Å². The highest BCUT2D eigenvalue weighted by Crippen LogP contribution is 2.22. The molecule has 0 heterocycles. The summed E-state index contributed by atoms with van der Waals surface area (Å²) in [4.78, 5) is 11.6. The fourth-order valence-corrected chi connectivity index (χ4v) is 1.47. The third-order valence-corrected chi connectivity index (χ3v) is 2.63. The van der Waals surface area contributed by atoms with Crippen molar-refractivity contribution in [3.63, 3.8) is 0 Å². The van der Waals surface area contributed by atoms with E-state index in [1.54, 1.807) is 14.0 Å². The number of nitrogens with one attached hydrogen (secondary N) is 1. The minimum Gasteiger partial charge on any atom is -0.497 e. The summed E-state index contributed by atoms with van der Waals surface area (Å²) < 4.78 is 5.10. The summed E-state index contributed by atoms with van der Waals surface area (Å²) in [7, 11) is 1.63. The summed E-state index contributed by atoms with van der Waals surface area (Å²) in [6.45, 7) is 9.23. The van der Waals surface area contributed by atoms with Crippen molar-refractivity contribution in [2.75, 3.05) is 7.11 Å². The smallest absolute Gasteiger partial charge is 0.246 e. The number of methoxy groups -OCH3 is 1. The van der Waals surface area contributed by atoms with Crippen molar-refractivity contribution < 1.29 is 9.53 Å². The molecule has 0 aliphatic carbocycles. The fraction of sp³-hybridized carbons (Fsp3) is 0.357. The standard InChI is InChI=1S/C14H19NO2/c1-10(2)13(16)15-14(3,4)11-6-8-12(17-5)9-7-11/h6-9H,1H2,2-5H3,(H,15,16). The number of amides is 1. The van der Waals surface area contributed by atoms with Crippen LogP contribution in [0.1, 0.15) is 26.3 Å². The summed E-state index contributed by atoms with van der Waals surface area (Å²) in [6, 6.07) is 7.64. The second kappa shape index (κ2) is 5.04. The van der Waals surface area contributed by atoms with Crippen molar-refractivity contribution in [2.24, 2.45) is 0 Å². The molecule has 0 spiro atoms. The first-order valence-corrected chi connectivity index (χ1v) is 5.49. The molecule has 92 valence electrons. The lowest BCUT2D eigenvalue weighted by atomic mass is 9.94. The van der Waals surface area contributed by atoms with Crippen molar-refractivity contribution in [2.45, 2.75) is 26.3 Å². The van der Waals surface area contributed by atoms with E-state index in [1.165, 1.54) is 0 Å². The molecule has 0 bridgehead atoms. The quantitative estimate of drug-likeness (QED) is 0.812. The minimum absolute atomic E-state index is 0.134. The molecule has 0 atom stereocenters. The van der Waals surface area contributed by atoms with Gasteiger partial charge in [0.05, 0.1) is 12.6 Å². The van der Waals surface area contributed by atoms with Gasteiger partial charge in [-0.05, 0) is 38.5 Å². The van der Waals surface area contributed by atoms with Gasteiger partial charge in [0.25, 0.3) is 0 Å². The Hall–Kier alpha value is -1.77. The summed E-state index contributed by atoms with van der Waals surface area (Å²) in [5.41, 5.74) is 1.10. The zero-order chi connectivity index (χ0) is 13.1. The van der Waals surface area contributed by atoms with Gasteiger partial charge in [-0.3, -0.25) is 4.79 Å². The maximum Gasteiger partial charge on any atom is 0.246 e. The van der Waals surface area contributed by atoms with Crippen molar-refractivity contribution in [1.29, 1.82) is 0 Å². The van der Waals surface area contributed by atoms with Crippen LogP contribution in [-0.2, 0) is 10.3 Å². The first kappa shape index (κ1) is 13.3. The second-order valence-corrected chi connectivity index (χ2v) is 4.59. The summed E-state index contributed by atoms with van der Waals surface area (Å²) in [6.07, 6.45) is 0. The molecule has 0 aliphatic heterocycles. The number of ether oxygens (including phenoxy) is 1. The lowest BCUT2D eigenvalue weighted by molar-refractivity contribution is -0.119. The molecule has 1 N–H and O–H groups in total. The van der Waals surface area contributed by atoms with Gasteiger partial charge in [-0.2, -0.15) is 0 Å². The van der Waals surface area contributed by atoms with Crippen molar-refractivity contribution in [1.82, 2.24) is 5.32 Å². The lowest BCUT2D eigenvalue weighted by Crippen LogP contribution is -2.41. The van der Waals surface area contributed by atoms with Gasteiger partial charge in [-0.15, -0.1) is 0 Å². The molecule has 1 aromatic carbocycles. The van der Waals surface area contributed by atoms with E-state index < -0.39 is 5.54 Å². The van der Waals surface area contributed by atoms with E-state index in [-0.39, 0.29) is 5.91 Å². The molecule has 1 aromatic rings. The Labute approximate surface area is 102 Å². The fourth-order valence-electron chi connectivity index (χ4n) is 1.47. The first-order valence-electron chi connectivity index (χ1n) is 5.49. The highest BCUT2D eigenvalue weighted by Gasteiger charge is 2.22. The van der Waals surface area contributed by atoms with Crippen LogP contribution in [0.25, 0.3) is 0 Å². The largest absolute Gasteiger partial charge is 0.497 e. The first-order chi connectivity index (χ1) is 7.86. The number of carbonyl (C=O) groups is 1. The van der Waals surface area contributed by atoms with Crippen LogP contribution < -0.4 is 10.1 Å². The number of rotatable bonds is 4. The Morgan fingerprint density at radius 2 is 1.82 bits per heavy atom. The van der Waals surface area contributed by atoms with E-state index in [0.717, 1.165) is 11.3 Å². The average molecular weight is 233 g/mol. The van der Waals surface area contributed by atoms with Gasteiger partial charge in [-0.1, -0.05) is 18.7 Å². The Morgan fingerprint density at radius 3 is 2.24 bits per heavy atom. The molecule has 0 radical (unpaired) electrons. The van der Waals surface area contributed by atoms with Gasteiger partial charge in [0.1, 0.15) is 5.75 Å². The van der Waals surface area contributed by atoms with E-state index in [4.69, 9.17) is 4.74 Å². The average Bonchev–Trinajstić information content (AvgIpc) is 2.28. The van der Waals surface area contributed by atoms with Gasteiger partial charge in [0, 0.05) is 5.57 Å². The molecule has 0 fully saturated rings. The van der Waals surface area contributed by atoms with Crippen molar-refractivity contribution >= 4 is 5.91 Å². The molecule has 1 rings (SSSR count). The zero-order valence-electron chi connectivity index (χ0n) is 10.8. The Bertz CT molecular complexity index is 418. The SMILES string of the molecule is C=C(C)C(=O)NC(C)(C)c1ccc(OC)cc1. The molecule has 0 saturated heterocycles. The van der Waals surface area contributed by atoms with E-state index in [1.807, 2.05) is 38.1 Å². The van der Waals surface area contributed by atoms with E-state index in [9.17, 15) is 4.79 Å². The number of hydrogen-bond acceptors (Lipinski definition) is 2. The van der Waals surface area contributed by atoms with Gasteiger partial charge in [0.15, 0.2) is 0 Å². The van der Waals surface area contributed by atoms with Crippen LogP contribution in [-0.4, -0.2) is 13.0 Å². The van der Waals surface area contributed by atoms with Crippen LogP contribution in [0.2, 0.25) is 0 Å². The maximum atomic E-state index is 11.6. The molecular formula is C14H19NO2. The molecule has 3 nitrogen and oxygen atoms in total. The van der Waals surface area contributed by atoms with Crippen LogP contribution >= 0.6 is 0 Å². The Balaban J connectivity index is 2.88. The van der Waals surface area contributed by atoms with Crippen LogP contribution in [0.15, 0.2) is 36.4 Å². The highest BCUT2D eigenvalue weighted by molar-refractivity contribution is 5.92. The van der Waals surface area contributed by atoms with Crippen molar-refractivity contribution in [3.8, 4) is 5.75 Å². The summed E-state index contributed by atoms with van der Waals surface area (Å²) in [5.74, 6) is 0.668. The summed E-state index contributed by atoms with van der Waals surface area (Å²) in [5, 5.41) is 2.93. The van der Waals surface area contributed by atoms with Crippen LogP contribution in [0.4, 0.5) is 0 Å². The second-order valence-electron chi connectivity index (χ2n) is 4.59. The predicted octanol–water partition coefficient (Wildman–Crippen LogP) is 2.62. The lowest BCUT2D eigenvalue weighted by Gasteiger charge is -2.27. The van der Waals surface area contributed by atoms with Crippen LogP contribution in [0, 0.1) is 0 Å². The van der Waals surface area contributed by atoms with E-state index >= 15 is 0 Å². The molecule has 0 unspecified atom stereocenters. The van der Waals surface area contributed by atoms with Crippen molar-refractivity contribution in [3.05, 3.63) is 42.0 Å². The van der Waals surface area contributed by atoms with Gasteiger partial charge >= 0.3 is 0 Å². The normalized spacial score (nSPS) is 10.8. The molecule has 0 aliphatic rings. The van der Waals surface area contributed by atoms with Crippen LogP contribution in [0.3, 0.4) is 0 Å². The molecule has 0 aromatic heterocycles. The zero-order valence-corrected chi connectivity index (χ0v) is 10.8. The monoisotopic (exact) mass is 233 g/mol. The van der Waals surface area contributed by atoms with Gasteiger partial charge < -0.3 is 10.1 Å². The maximum absolute atomic E-state index is 11.6. The van der Waals surface area contributed by atoms with Gasteiger partial charge in [-0.25, -0.2) is 0 Å². The Kier molecular flexibility index (Phi) is 3.94. The number of carbonyl (C=O) groups excluding carboxylic acids is 1.